The minimum atomic E-state index is -2.00. The van der Waals surface area contributed by atoms with Gasteiger partial charge in [-0.25, -0.2) is 0 Å². The molecule has 6 heteroatoms. The van der Waals surface area contributed by atoms with Crippen LogP contribution in [0.2, 0.25) is 0 Å². The molecule has 0 saturated carbocycles. The molecule has 0 aliphatic heterocycles. The molecule has 34 valence electrons. The first-order valence-electron chi connectivity index (χ1n) is 0.697. The van der Waals surface area contributed by atoms with Crippen molar-refractivity contribution in [3.8, 4) is 0 Å². The molecule has 4 nitrogen and oxygen atoms in total. The summed E-state index contributed by atoms with van der Waals surface area (Å²) in [5.74, 6) is 0. The van der Waals surface area contributed by atoms with Gasteiger partial charge in [-0.05, 0) is 0 Å². The van der Waals surface area contributed by atoms with Crippen LogP contribution in [0, 0.1) is 0 Å². The second-order valence-electron chi connectivity index (χ2n) is 0.0833. The summed E-state index contributed by atoms with van der Waals surface area (Å²) in [4.78, 5) is 0. The molecule has 0 saturated heterocycles. The molecule has 0 amide bonds. The molecule has 0 aliphatic rings. The molecule has 2 N–H and O–H groups in total. The van der Waals surface area contributed by atoms with Gasteiger partial charge < -0.3 is 5.48 Å². The van der Waals surface area contributed by atoms with Crippen molar-refractivity contribution in [2.45, 2.75) is 0 Å². The van der Waals surface area contributed by atoms with Crippen molar-refractivity contribution in [1.82, 2.24) is 0 Å². The Morgan fingerprint density at radius 1 is 1.17 bits per heavy atom. The average molecular weight is 142 g/mol. The summed E-state index contributed by atoms with van der Waals surface area (Å²) in [5.41, 5.74) is 0. The quantitative estimate of drug-likeness (QED) is 0.372. The Hall–Kier alpha value is 0.607. The summed E-state index contributed by atoms with van der Waals surface area (Å²) in [6.45, 7) is 0. The molecule has 0 aromatic rings. The van der Waals surface area contributed by atoms with E-state index in [0.29, 0.717) is 16.2 Å². The van der Waals surface area contributed by atoms with Crippen LogP contribution in [0.5, 0.6) is 0 Å². The molecule has 0 unspecified atom stereocenters. The molecule has 0 radical (unpaired) electrons. The third-order valence-electron chi connectivity index (χ3n) is 0. The Labute approximate surface area is 51.4 Å². The summed E-state index contributed by atoms with van der Waals surface area (Å²) in [6, 6.07) is 0. The summed E-state index contributed by atoms with van der Waals surface area (Å²) in [6.07, 6.45) is 0. The van der Waals surface area contributed by atoms with Crippen molar-refractivity contribution in [3.63, 3.8) is 0 Å². The maximum absolute atomic E-state index is 8.50. The van der Waals surface area contributed by atoms with Crippen molar-refractivity contribution in [2.24, 2.45) is 0 Å². The van der Waals surface area contributed by atoms with E-state index in [-0.39, 0.29) is 5.48 Å². The first-order valence-corrected chi connectivity index (χ1v) is 2.55. The van der Waals surface area contributed by atoms with Gasteiger partial charge in [-0.15, -0.1) is 0 Å². The van der Waals surface area contributed by atoms with Gasteiger partial charge in [0.2, 0.25) is 0 Å². The van der Waals surface area contributed by atoms with Crippen molar-refractivity contribution in [2.75, 3.05) is 0 Å². The molecule has 0 heterocycles. The molecule has 0 fully saturated rings. The zero-order valence-electron chi connectivity index (χ0n) is 2.93. The maximum atomic E-state index is 8.50. The molecule has 0 bridgehead atoms. The molecule has 0 aromatic heterocycles. The van der Waals surface area contributed by atoms with Crippen LogP contribution in [0.1, 0.15) is 0 Å². The molecular weight excluding hydrogens is 139 g/mol. The number of rotatable bonds is 0. The Bertz CT molecular complexity index is 36.8. The SMILES string of the molecule is O.[O]=[AlH].[O]=[Ti]=[O]. The van der Waals surface area contributed by atoms with Crippen LogP contribution in [0.15, 0.2) is 0 Å². The van der Waals surface area contributed by atoms with Crippen molar-refractivity contribution in [3.05, 3.63) is 0 Å². The molecule has 0 aliphatic carbocycles. The van der Waals surface area contributed by atoms with Gasteiger partial charge in [-0.2, -0.15) is 0 Å². The Morgan fingerprint density at radius 3 is 1.17 bits per heavy atom. The molecular formula is H3AlO4Ti. The zero-order chi connectivity index (χ0) is 4.71. The summed E-state index contributed by atoms with van der Waals surface area (Å²) in [5, 5.41) is 0. The monoisotopic (exact) mass is 142 g/mol. The number of hydrogen-bond donors (Lipinski definition) is 0. The van der Waals surface area contributed by atoms with Gasteiger partial charge >= 0.3 is 45.8 Å². The molecule has 0 aromatic carbocycles. The van der Waals surface area contributed by atoms with E-state index >= 15 is 0 Å². The third kappa shape index (κ3) is 163. The van der Waals surface area contributed by atoms with Crippen LogP contribution in [0.4, 0.5) is 0 Å². The van der Waals surface area contributed by atoms with Gasteiger partial charge in [0, 0.05) is 0 Å². The third-order valence-corrected chi connectivity index (χ3v) is 0. The Balaban J connectivity index is -0.0000000275. The summed E-state index contributed by atoms with van der Waals surface area (Å²) >= 11 is -1.39. The van der Waals surface area contributed by atoms with E-state index in [1.807, 2.05) is 0 Å². The average Bonchev–Trinajstić information content (AvgIpc) is 1.46. The van der Waals surface area contributed by atoms with Crippen LogP contribution in [-0.4, -0.2) is 21.7 Å². The minimum absolute atomic E-state index is 0. The van der Waals surface area contributed by atoms with Crippen LogP contribution in [0.25, 0.3) is 0 Å². The van der Waals surface area contributed by atoms with Crippen molar-refractivity contribution >= 4 is 16.2 Å². The van der Waals surface area contributed by atoms with Crippen LogP contribution >= 0.6 is 0 Å². The van der Waals surface area contributed by atoms with Gasteiger partial charge in [0.25, 0.3) is 0 Å². The molecule has 0 atom stereocenters. The predicted octanol–water partition coefficient (Wildman–Crippen LogP) is -1.83. The predicted molar refractivity (Wildman–Crippen MR) is 12.8 cm³/mol. The van der Waals surface area contributed by atoms with E-state index in [1.165, 1.54) is 0 Å². The van der Waals surface area contributed by atoms with Crippen molar-refractivity contribution < 1.29 is 35.0 Å². The molecule has 6 heavy (non-hydrogen) atoms. The summed E-state index contributed by atoms with van der Waals surface area (Å²) < 4.78 is 25.3. The van der Waals surface area contributed by atoms with Crippen LogP contribution in [-0.2, 0) is 29.5 Å². The van der Waals surface area contributed by atoms with Gasteiger partial charge in [0.1, 0.15) is 0 Å². The van der Waals surface area contributed by atoms with Crippen LogP contribution in [0.3, 0.4) is 0 Å². The van der Waals surface area contributed by atoms with Crippen LogP contribution < -0.4 is 0 Å². The van der Waals surface area contributed by atoms with Gasteiger partial charge in [0.05, 0.1) is 0 Å². The van der Waals surface area contributed by atoms with E-state index in [0.717, 1.165) is 0 Å². The summed E-state index contributed by atoms with van der Waals surface area (Å²) in [7, 11) is 0. The molecule has 0 spiro atoms. The number of hydrogen-bond acceptors (Lipinski definition) is 3. The molecule has 0 rings (SSSR count). The zero-order valence-corrected chi connectivity index (χ0v) is 5.91. The second kappa shape index (κ2) is 46.1. The van der Waals surface area contributed by atoms with Gasteiger partial charge in [-0.3, -0.25) is 0 Å². The standard InChI is InChI=1S/Al.H2O.3O.Ti.H/h;1H2;;;;;. The fourth-order valence-electron chi connectivity index (χ4n) is 0. The van der Waals surface area contributed by atoms with Crippen molar-refractivity contribution in [1.29, 1.82) is 0 Å². The normalized spacial score (nSPS) is 1.83. The van der Waals surface area contributed by atoms with Gasteiger partial charge in [-0.1, -0.05) is 0 Å². The Morgan fingerprint density at radius 2 is 1.17 bits per heavy atom. The fraction of sp³-hybridized carbons (Fsp3) is 0. The van der Waals surface area contributed by atoms with E-state index in [1.54, 1.807) is 0 Å². The topological polar surface area (TPSA) is 82.7 Å². The Kier molecular flexibility index (Phi) is 123. The second-order valence-corrected chi connectivity index (χ2v) is 0.344. The first kappa shape index (κ1) is 16.0. The van der Waals surface area contributed by atoms with E-state index in [9.17, 15) is 0 Å². The van der Waals surface area contributed by atoms with E-state index in [4.69, 9.17) is 10.5 Å². The fourth-order valence-corrected chi connectivity index (χ4v) is 0. The van der Waals surface area contributed by atoms with E-state index < -0.39 is 19.1 Å². The first-order chi connectivity index (χ1) is 2.41. The van der Waals surface area contributed by atoms with Gasteiger partial charge in [0.15, 0.2) is 0 Å². The van der Waals surface area contributed by atoms with E-state index in [2.05, 4.69) is 0 Å².